The summed E-state index contributed by atoms with van der Waals surface area (Å²) in [7, 11) is 0. The van der Waals surface area contributed by atoms with Gasteiger partial charge in [-0.25, -0.2) is 0 Å². The van der Waals surface area contributed by atoms with Crippen LogP contribution in [0.1, 0.15) is 0 Å². The summed E-state index contributed by atoms with van der Waals surface area (Å²) in [4.78, 5) is 0. The van der Waals surface area contributed by atoms with Gasteiger partial charge in [-0.2, -0.15) is 15.5 Å². The van der Waals surface area contributed by atoms with Crippen LogP contribution in [0.2, 0.25) is 0 Å². The molecule has 0 aromatic rings. The Morgan fingerprint density at radius 2 is 0.727 bits per heavy atom. The second-order valence-corrected chi connectivity index (χ2v) is 0.822. The molecule has 0 saturated carbocycles. The van der Waals surface area contributed by atoms with Crippen LogP contribution in [0, 0.1) is 0 Å². The molecular weight excluding hydrogens is 263 g/mol. The molecule has 0 amide bonds. The van der Waals surface area contributed by atoms with Crippen molar-refractivity contribution in [3.05, 3.63) is 16.2 Å². The average Bonchev–Trinajstić information content (AvgIpc) is 1.70. The molecule has 0 rings (SSSR count). The van der Waals surface area contributed by atoms with Crippen LogP contribution < -0.4 is 29.6 Å². The predicted octanol–water partition coefficient (Wildman–Crippen LogP) is -1.02. The van der Waals surface area contributed by atoms with E-state index in [0.717, 1.165) is 0 Å². The van der Waals surface area contributed by atoms with Crippen molar-refractivity contribution in [1.29, 1.82) is 0 Å². The number of hydrogen-bond donors (Lipinski definition) is 0. The summed E-state index contributed by atoms with van der Waals surface area (Å²) < 4.78 is 0. The smallest absolute Gasteiger partial charge is 0.753 e. The first-order chi connectivity index (χ1) is 4.24. The molecule has 0 aliphatic rings. The summed E-state index contributed by atoms with van der Waals surface area (Å²) in [6, 6.07) is 0. The fourth-order valence-electron chi connectivity index (χ4n) is 0. The first kappa shape index (κ1) is 29.6. The van der Waals surface area contributed by atoms with Crippen LogP contribution in [0.3, 0.4) is 0 Å². The zero-order valence-electron chi connectivity index (χ0n) is 5.77. The third kappa shape index (κ3) is 857. The van der Waals surface area contributed by atoms with Crippen molar-refractivity contribution in [3.8, 4) is 0 Å². The summed E-state index contributed by atoms with van der Waals surface area (Å²) in [5.41, 5.74) is 0. The van der Waals surface area contributed by atoms with E-state index in [1.54, 1.807) is 0 Å². The van der Waals surface area contributed by atoms with Crippen LogP contribution in [0.4, 0.5) is 0 Å². The van der Waals surface area contributed by atoms with Crippen molar-refractivity contribution in [2.75, 3.05) is 0 Å². The van der Waals surface area contributed by atoms with E-state index in [0.29, 0.717) is 0 Å². The normalized spacial score (nSPS) is 2.18. The molecule has 0 aromatic carbocycles. The number of thiocarbonyl (C=S) groups is 3. The second kappa shape index (κ2) is 68.4. The van der Waals surface area contributed by atoms with E-state index in [1.807, 2.05) is 0 Å². The molecule has 0 aromatic heterocycles. The largest absolute Gasteiger partial charge is 2.00 e. The molecule has 0 bridgehead atoms. The molecule has 0 atom stereocenters. The fraction of sp³-hybridized carbons (Fsp3) is 0. The molecule has 0 radical (unpaired) electrons. The minimum atomic E-state index is 0. The Balaban J connectivity index is -0.0000000150. The van der Waals surface area contributed by atoms with E-state index in [-0.39, 0.29) is 49.0 Å². The summed E-state index contributed by atoms with van der Waals surface area (Å²) in [6.45, 7) is 0. The van der Waals surface area contributed by atoms with Gasteiger partial charge in [0.1, 0.15) is 0 Å². The number of hydrogen-bond acceptors (Lipinski definition) is 3. The molecule has 8 heteroatoms. The molecule has 11 heavy (non-hydrogen) atoms. The summed E-state index contributed by atoms with van der Waals surface area (Å²) in [6.07, 6.45) is 0. The van der Waals surface area contributed by atoms with Gasteiger partial charge in [0.05, 0.1) is 0 Å². The Morgan fingerprint density at radius 3 is 0.727 bits per heavy atom. The Morgan fingerprint density at radius 1 is 0.727 bits per heavy atom. The molecule has 48 valence electrons. The molecule has 0 heterocycles. The minimum Gasteiger partial charge on any atom is -0.753 e. The molecule has 0 fully saturated rings. The molecule has 0 N–H and O–H groups in total. The SMILES string of the molecule is [N-]=C=S.[N-]=C=S.[N-]=C=S.[Na+].[Zn+2]. The topological polar surface area (TPSA) is 66.9 Å². The first-order valence-corrected chi connectivity index (χ1v) is 2.51. The van der Waals surface area contributed by atoms with Crippen LogP contribution >= 0.6 is 36.7 Å². The van der Waals surface area contributed by atoms with E-state index in [4.69, 9.17) is 16.2 Å². The van der Waals surface area contributed by atoms with Crippen LogP contribution in [0.15, 0.2) is 0 Å². The Hall–Kier alpha value is 1.02. The van der Waals surface area contributed by atoms with Crippen LogP contribution in [-0.2, 0) is 19.5 Å². The molecule has 0 saturated heterocycles. The van der Waals surface area contributed by atoms with Crippen molar-refractivity contribution in [2.45, 2.75) is 0 Å². The Labute approximate surface area is 116 Å². The zero-order chi connectivity index (χ0) is 8.12. The quantitative estimate of drug-likeness (QED) is 0.319. The molecule has 0 aliphatic carbocycles. The number of isothiocyanates is 3. The van der Waals surface area contributed by atoms with Crippen molar-refractivity contribution in [1.82, 2.24) is 0 Å². The minimum absolute atomic E-state index is 0. The van der Waals surface area contributed by atoms with E-state index < -0.39 is 0 Å². The fourth-order valence-corrected chi connectivity index (χ4v) is 0. The standard InChI is InChI=1S/3CNS.Na.Zn/c3*2-1-3;;/q3*-1;+1;+2. The van der Waals surface area contributed by atoms with E-state index in [2.05, 4.69) is 36.7 Å². The van der Waals surface area contributed by atoms with E-state index >= 15 is 0 Å². The van der Waals surface area contributed by atoms with E-state index in [9.17, 15) is 0 Å². The van der Waals surface area contributed by atoms with Crippen molar-refractivity contribution >= 4 is 52.1 Å². The molecule has 0 spiro atoms. The zero-order valence-corrected chi connectivity index (χ0v) is 13.2. The molecular formula is C3N3NaS3Zn. The monoisotopic (exact) mass is 261 g/mol. The van der Waals surface area contributed by atoms with Gasteiger partial charge in [0.15, 0.2) is 0 Å². The van der Waals surface area contributed by atoms with Crippen LogP contribution in [0.25, 0.3) is 16.2 Å². The van der Waals surface area contributed by atoms with Gasteiger partial charge in [0.25, 0.3) is 0 Å². The summed E-state index contributed by atoms with van der Waals surface area (Å²) >= 11 is 11.1. The summed E-state index contributed by atoms with van der Waals surface area (Å²) in [5, 5.41) is 25.4. The Kier molecular flexibility index (Phi) is 184. The number of nitrogens with zero attached hydrogens (tertiary/aromatic N) is 3. The van der Waals surface area contributed by atoms with Crippen LogP contribution in [0.5, 0.6) is 0 Å². The van der Waals surface area contributed by atoms with Gasteiger partial charge in [-0.1, -0.05) is 36.7 Å². The second-order valence-electron chi connectivity index (χ2n) is 0.274. The van der Waals surface area contributed by atoms with Crippen molar-refractivity contribution < 1.29 is 49.0 Å². The van der Waals surface area contributed by atoms with Crippen molar-refractivity contribution in [2.24, 2.45) is 0 Å². The predicted molar refractivity (Wildman–Crippen MR) is 47.9 cm³/mol. The molecule has 3 nitrogen and oxygen atoms in total. The third-order valence-corrected chi connectivity index (χ3v) is 0. The first-order valence-electron chi connectivity index (χ1n) is 1.28. The van der Waals surface area contributed by atoms with Gasteiger partial charge in [0, 0.05) is 0 Å². The van der Waals surface area contributed by atoms with Gasteiger partial charge in [-0.3, -0.25) is 0 Å². The van der Waals surface area contributed by atoms with Gasteiger partial charge >= 0.3 is 49.0 Å². The van der Waals surface area contributed by atoms with Gasteiger partial charge < -0.3 is 16.2 Å². The molecule has 0 unspecified atom stereocenters. The maximum Gasteiger partial charge on any atom is 2.00 e. The summed E-state index contributed by atoms with van der Waals surface area (Å²) in [5.74, 6) is 0. The third-order valence-electron chi connectivity index (χ3n) is 0. The molecule has 0 aliphatic heterocycles. The maximum atomic E-state index is 7.13. The van der Waals surface area contributed by atoms with Crippen molar-refractivity contribution in [3.63, 3.8) is 0 Å². The van der Waals surface area contributed by atoms with Gasteiger partial charge in [-0.05, 0) is 0 Å². The number of rotatable bonds is 0. The average molecular weight is 263 g/mol. The van der Waals surface area contributed by atoms with Gasteiger partial charge in [0.2, 0.25) is 0 Å². The van der Waals surface area contributed by atoms with Crippen LogP contribution in [-0.4, -0.2) is 15.5 Å². The Bertz CT molecular complexity index is 115. The maximum absolute atomic E-state index is 7.13. The van der Waals surface area contributed by atoms with Gasteiger partial charge in [-0.15, -0.1) is 0 Å². The van der Waals surface area contributed by atoms with E-state index in [1.165, 1.54) is 15.5 Å².